The van der Waals surface area contributed by atoms with Crippen LogP contribution in [0.25, 0.3) is 0 Å². The second-order valence-corrected chi connectivity index (χ2v) is 3.75. The van der Waals surface area contributed by atoms with E-state index < -0.39 is 0 Å². The van der Waals surface area contributed by atoms with Crippen molar-refractivity contribution in [2.75, 3.05) is 6.61 Å². The maximum absolute atomic E-state index is 10.2. The van der Waals surface area contributed by atoms with Crippen molar-refractivity contribution in [3.05, 3.63) is 5.57 Å². The topological polar surface area (TPSA) is 37.3 Å². The average Bonchev–Trinajstić information content (AvgIpc) is 2.14. The van der Waals surface area contributed by atoms with E-state index in [-0.39, 0.29) is 6.61 Å². The first-order chi connectivity index (χ1) is 6.20. The van der Waals surface area contributed by atoms with Crippen LogP contribution < -0.4 is 0 Å². The van der Waals surface area contributed by atoms with Crippen LogP contribution in [0.4, 0.5) is 0 Å². The molecular weight excluding hydrogens is 164 g/mol. The first kappa shape index (κ1) is 12.4. The van der Waals surface area contributed by atoms with Crippen molar-refractivity contribution in [3.63, 3.8) is 0 Å². The summed E-state index contributed by atoms with van der Waals surface area (Å²) in [6.45, 7) is 4.30. The number of rotatable bonds is 7. The van der Waals surface area contributed by atoms with Crippen molar-refractivity contribution >= 4 is 5.94 Å². The molecule has 0 aromatic carbocycles. The van der Waals surface area contributed by atoms with Crippen molar-refractivity contribution in [2.45, 2.75) is 46.0 Å². The van der Waals surface area contributed by atoms with E-state index in [4.69, 9.17) is 5.11 Å². The Kier molecular flexibility index (Phi) is 7.66. The zero-order chi connectivity index (χ0) is 10.1. The number of hydrogen-bond acceptors (Lipinski definition) is 2. The Morgan fingerprint density at radius 1 is 1.38 bits per heavy atom. The predicted molar refractivity (Wildman–Crippen MR) is 54.2 cm³/mol. The summed E-state index contributed by atoms with van der Waals surface area (Å²) in [6.07, 6.45) is 5.05. The van der Waals surface area contributed by atoms with E-state index in [9.17, 15) is 4.79 Å². The van der Waals surface area contributed by atoms with Gasteiger partial charge in [0.2, 0.25) is 0 Å². The maximum atomic E-state index is 10.2. The molecule has 0 aliphatic rings. The van der Waals surface area contributed by atoms with Crippen LogP contribution >= 0.6 is 0 Å². The van der Waals surface area contributed by atoms with Gasteiger partial charge in [-0.15, -0.1) is 0 Å². The molecule has 0 heterocycles. The molecule has 0 aliphatic heterocycles. The molecule has 0 fully saturated rings. The first-order valence-electron chi connectivity index (χ1n) is 5.02. The van der Waals surface area contributed by atoms with Crippen LogP contribution in [-0.4, -0.2) is 17.7 Å². The van der Waals surface area contributed by atoms with E-state index in [1.807, 2.05) is 12.9 Å². The van der Waals surface area contributed by atoms with Gasteiger partial charge in [0.1, 0.15) is 5.94 Å². The van der Waals surface area contributed by atoms with Gasteiger partial charge >= 0.3 is 0 Å². The van der Waals surface area contributed by atoms with Crippen LogP contribution in [0.5, 0.6) is 0 Å². The van der Waals surface area contributed by atoms with Gasteiger partial charge in [-0.25, -0.2) is 4.79 Å². The Morgan fingerprint density at radius 2 is 2.00 bits per heavy atom. The van der Waals surface area contributed by atoms with E-state index in [0.717, 1.165) is 37.7 Å². The molecule has 2 heteroatoms. The van der Waals surface area contributed by atoms with Gasteiger partial charge in [-0.1, -0.05) is 13.3 Å². The summed E-state index contributed by atoms with van der Waals surface area (Å²) in [5.74, 6) is 2.57. The summed E-state index contributed by atoms with van der Waals surface area (Å²) < 4.78 is 0. The van der Waals surface area contributed by atoms with Crippen LogP contribution in [0.15, 0.2) is 5.57 Å². The Morgan fingerprint density at radius 3 is 2.54 bits per heavy atom. The molecule has 0 saturated heterocycles. The molecule has 0 aliphatic carbocycles. The van der Waals surface area contributed by atoms with Gasteiger partial charge in [0, 0.05) is 12.2 Å². The van der Waals surface area contributed by atoms with Crippen LogP contribution in [0, 0.1) is 5.92 Å². The molecule has 0 radical (unpaired) electrons. The summed E-state index contributed by atoms with van der Waals surface area (Å²) >= 11 is 0. The largest absolute Gasteiger partial charge is 0.396 e. The van der Waals surface area contributed by atoms with Crippen LogP contribution in [-0.2, 0) is 4.79 Å². The Balaban J connectivity index is 3.36. The van der Waals surface area contributed by atoms with E-state index in [1.165, 1.54) is 0 Å². The number of aliphatic hydroxyl groups excluding tert-OH is 1. The molecule has 0 bridgehead atoms. The first-order valence-corrected chi connectivity index (χ1v) is 5.02. The number of hydrogen-bond donors (Lipinski definition) is 1. The number of carbonyl (C=O) groups excluding carboxylic acids is 1. The molecular formula is C11H20O2. The van der Waals surface area contributed by atoms with Crippen LogP contribution in [0.1, 0.15) is 46.0 Å². The van der Waals surface area contributed by atoms with E-state index in [1.54, 1.807) is 0 Å². The van der Waals surface area contributed by atoms with Crippen molar-refractivity contribution in [2.24, 2.45) is 5.92 Å². The molecule has 1 atom stereocenters. The van der Waals surface area contributed by atoms with E-state index in [2.05, 4.69) is 6.92 Å². The molecule has 1 unspecified atom stereocenters. The second-order valence-electron chi connectivity index (χ2n) is 3.75. The highest BCUT2D eigenvalue weighted by atomic mass is 16.2. The van der Waals surface area contributed by atoms with Crippen LogP contribution in [0.2, 0.25) is 0 Å². The van der Waals surface area contributed by atoms with E-state index >= 15 is 0 Å². The number of allylic oxidation sites excluding steroid dienone is 1. The fourth-order valence-corrected chi connectivity index (χ4v) is 1.35. The summed E-state index contributed by atoms with van der Waals surface area (Å²) in [5, 5.41) is 8.61. The van der Waals surface area contributed by atoms with Gasteiger partial charge < -0.3 is 5.11 Å². The summed E-state index contributed by atoms with van der Waals surface area (Å²) in [5.41, 5.74) is 0.814. The summed E-state index contributed by atoms with van der Waals surface area (Å²) in [6, 6.07) is 0. The van der Waals surface area contributed by atoms with Gasteiger partial charge in [0.15, 0.2) is 0 Å². The maximum Gasteiger partial charge on any atom is 0.123 e. The highest BCUT2D eigenvalue weighted by molar-refractivity contribution is 5.50. The average molecular weight is 184 g/mol. The van der Waals surface area contributed by atoms with Gasteiger partial charge in [-0.05, 0) is 38.5 Å². The Hall–Kier alpha value is -0.590. The smallest absolute Gasteiger partial charge is 0.123 e. The molecule has 2 nitrogen and oxygen atoms in total. The van der Waals surface area contributed by atoms with Gasteiger partial charge in [-0.3, -0.25) is 0 Å². The van der Waals surface area contributed by atoms with Gasteiger partial charge in [-0.2, -0.15) is 0 Å². The lowest BCUT2D eigenvalue weighted by Crippen LogP contribution is -1.96. The molecule has 0 amide bonds. The zero-order valence-corrected chi connectivity index (χ0v) is 8.68. The third-order valence-corrected chi connectivity index (χ3v) is 2.28. The molecule has 0 aromatic rings. The lowest BCUT2D eigenvalue weighted by Gasteiger charge is -2.09. The quantitative estimate of drug-likeness (QED) is 0.617. The third-order valence-electron chi connectivity index (χ3n) is 2.28. The van der Waals surface area contributed by atoms with Crippen molar-refractivity contribution in [3.8, 4) is 0 Å². The van der Waals surface area contributed by atoms with Crippen molar-refractivity contribution < 1.29 is 9.90 Å². The van der Waals surface area contributed by atoms with Gasteiger partial charge in [0.05, 0.1) is 0 Å². The normalized spacial score (nSPS) is 12.2. The third kappa shape index (κ3) is 7.76. The molecule has 1 N–H and O–H groups in total. The zero-order valence-electron chi connectivity index (χ0n) is 8.68. The minimum atomic E-state index is 0.289. The fourth-order valence-electron chi connectivity index (χ4n) is 1.35. The fraction of sp³-hybridized carbons (Fsp3) is 0.818. The molecule has 76 valence electrons. The molecule has 0 spiro atoms. The van der Waals surface area contributed by atoms with Gasteiger partial charge in [0.25, 0.3) is 0 Å². The standard InChI is InChI=1S/C11H20O2/c1-10(7-4-8-12)5-3-6-11(2)9-13/h10,12H,3-8H2,1-2H3. The van der Waals surface area contributed by atoms with Crippen LogP contribution in [0.3, 0.4) is 0 Å². The predicted octanol–water partition coefficient (Wildman–Crippen LogP) is 2.34. The molecule has 0 rings (SSSR count). The molecule has 13 heavy (non-hydrogen) atoms. The second kappa shape index (κ2) is 8.03. The summed E-state index contributed by atoms with van der Waals surface area (Å²) in [4.78, 5) is 10.2. The monoisotopic (exact) mass is 184 g/mol. The Bertz CT molecular complexity index is 169. The molecule has 0 aromatic heterocycles. The SMILES string of the molecule is CC(=C=O)CCCC(C)CCCO. The minimum Gasteiger partial charge on any atom is -0.396 e. The van der Waals surface area contributed by atoms with E-state index in [0.29, 0.717) is 5.92 Å². The molecule has 0 saturated carbocycles. The highest BCUT2D eigenvalue weighted by Gasteiger charge is 2.01. The van der Waals surface area contributed by atoms with Crippen molar-refractivity contribution in [1.82, 2.24) is 0 Å². The summed E-state index contributed by atoms with van der Waals surface area (Å²) in [7, 11) is 0. The lowest BCUT2D eigenvalue weighted by atomic mass is 9.98. The van der Waals surface area contributed by atoms with Crippen molar-refractivity contribution in [1.29, 1.82) is 0 Å². The minimum absolute atomic E-state index is 0.289. The highest BCUT2D eigenvalue weighted by Crippen LogP contribution is 2.15. The Labute approximate surface area is 80.7 Å². The number of aliphatic hydroxyl groups is 1. The lowest BCUT2D eigenvalue weighted by molar-refractivity contribution is 0.271.